The van der Waals surface area contributed by atoms with Crippen LogP contribution in [0.4, 0.5) is 0 Å². The van der Waals surface area contributed by atoms with E-state index in [-0.39, 0.29) is 126 Å². The van der Waals surface area contributed by atoms with Crippen LogP contribution in [0.15, 0.2) is 79.8 Å². The number of hydrogen-bond donors (Lipinski definition) is 0. The molecule has 0 N–H and O–H groups in total. The van der Waals surface area contributed by atoms with Crippen molar-refractivity contribution in [2.45, 2.75) is 113 Å². The van der Waals surface area contributed by atoms with Gasteiger partial charge in [0.1, 0.15) is 0 Å². The Bertz CT molecular complexity index is 3920. The van der Waals surface area contributed by atoms with E-state index >= 15 is 0 Å². The van der Waals surface area contributed by atoms with E-state index in [0.29, 0.717) is 38.5 Å². The quantitative estimate of drug-likeness (QED) is 0.118. The lowest BCUT2D eigenvalue weighted by Gasteiger charge is -2.46. The summed E-state index contributed by atoms with van der Waals surface area (Å²) in [7, 11) is 0. The molecule has 90 heavy (non-hydrogen) atoms. The number of amides is 8. The number of carbonyl (C=O) groups excluding carboxylic acids is 8. The van der Waals surface area contributed by atoms with Gasteiger partial charge in [-0.3, -0.25) is 86.3 Å². The van der Waals surface area contributed by atoms with Gasteiger partial charge in [0, 0.05) is 109 Å². The van der Waals surface area contributed by atoms with Gasteiger partial charge in [0.05, 0.1) is 57.8 Å². The summed E-state index contributed by atoms with van der Waals surface area (Å²) in [6, 6.07) is 7.97. The summed E-state index contributed by atoms with van der Waals surface area (Å²) < 4.78 is 2.06. The average Bonchev–Trinajstić information content (AvgIpc) is 0.857. The second kappa shape index (κ2) is 27.7. The fraction of sp³-hybridized carbons (Fsp3) is 0.406. The van der Waals surface area contributed by atoms with E-state index in [9.17, 15) is 57.5 Å². The van der Waals surface area contributed by atoms with Crippen molar-refractivity contribution >= 4 is 218 Å². The van der Waals surface area contributed by atoms with Gasteiger partial charge in [-0.25, -0.2) is 0 Å². The molecule has 6 atom stereocenters. The molecule has 23 aliphatic rings. The number of nitrogens with zero attached hydrogens (tertiary/aromatic N) is 6. The molecule has 2 aromatic heterocycles. The predicted octanol–water partition coefficient (Wildman–Crippen LogP) is 12.4. The van der Waals surface area contributed by atoms with Crippen LogP contribution in [0.2, 0.25) is 0 Å². The van der Waals surface area contributed by atoms with Crippen LogP contribution in [-0.4, -0.2) is 143 Å². The summed E-state index contributed by atoms with van der Waals surface area (Å²) in [5.74, 6) is -5.87. The van der Waals surface area contributed by atoms with Crippen molar-refractivity contribution in [1.29, 1.82) is 0 Å². The molecule has 3 saturated carbocycles. The Morgan fingerprint density at radius 2 is 0.411 bits per heavy atom. The number of alkyl halides is 8. The molecule has 0 saturated heterocycles. The molecule has 470 valence electrons. The minimum Gasteiger partial charge on any atom is -0.269 e. The molecule has 22 heterocycles. The van der Waals surface area contributed by atoms with Gasteiger partial charge in [-0.1, -0.05) is 166 Å². The number of hydrogen-bond acceptors (Lipinski definition) is 12. The van der Waals surface area contributed by atoms with Gasteiger partial charge in [-0.15, -0.1) is 0 Å². The summed E-state index contributed by atoms with van der Waals surface area (Å²) in [5.41, 5.74) is -2.73. The van der Waals surface area contributed by atoms with Crippen molar-refractivity contribution < 1.29 is 38.4 Å². The second-order valence-corrected chi connectivity index (χ2v) is 29.1. The van der Waals surface area contributed by atoms with E-state index < -0.39 is 106 Å². The van der Waals surface area contributed by atoms with Crippen molar-refractivity contribution in [3.8, 4) is 0 Å². The van der Waals surface area contributed by atoms with Gasteiger partial charge in [-0.2, -0.15) is 0 Å². The summed E-state index contributed by atoms with van der Waals surface area (Å²) in [6.45, 7) is 0. The molecule has 30 rings (SSSR count). The van der Waals surface area contributed by atoms with Crippen molar-refractivity contribution in [3.05, 3.63) is 147 Å². The third-order valence-electron chi connectivity index (χ3n) is 18.2. The van der Waals surface area contributed by atoms with Gasteiger partial charge < -0.3 is 0 Å². The van der Waals surface area contributed by atoms with Crippen LogP contribution in [0.3, 0.4) is 0 Å². The molecular weight excluding hydrogens is 1680 g/mol. The Morgan fingerprint density at radius 3 is 0.578 bits per heavy atom. The normalized spacial score (nSPS) is 22.1. The van der Waals surface area contributed by atoms with E-state index in [1.54, 1.807) is 0 Å². The summed E-state index contributed by atoms with van der Waals surface area (Å²) >= 11 is 25.6. The van der Waals surface area contributed by atoms with Crippen LogP contribution < -0.4 is 22.2 Å². The highest BCUT2D eigenvalue weighted by Crippen LogP contribution is 2.46. The zero-order valence-corrected chi connectivity index (χ0v) is 60.7. The summed E-state index contributed by atoms with van der Waals surface area (Å²) in [6.07, 6.45) is 4.70. The Balaban J connectivity index is 0.000000470. The molecule has 22 bridgehead atoms. The Hall–Kier alpha value is -4.70. The van der Waals surface area contributed by atoms with Crippen molar-refractivity contribution in [1.82, 2.24) is 28.7 Å². The maximum absolute atomic E-state index is 15.0. The predicted molar refractivity (Wildman–Crippen MR) is 374 cm³/mol. The fourth-order valence-corrected chi connectivity index (χ4v) is 14.7. The van der Waals surface area contributed by atoms with Crippen LogP contribution in [0.5, 0.6) is 0 Å². The van der Waals surface area contributed by atoms with Crippen molar-refractivity contribution in [2.75, 3.05) is 42.6 Å². The molecule has 26 heteroatoms. The molecule has 5 aromatic carbocycles. The topological polar surface area (TPSA) is 228 Å². The van der Waals surface area contributed by atoms with Crippen LogP contribution in [0.1, 0.15) is 172 Å². The van der Waals surface area contributed by atoms with Crippen LogP contribution >= 0.6 is 127 Å². The van der Waals surface area contributed by atoms with Crippen LogP contribution in [-0.2, 0) is 0 Å². The Morgan fingerprint density at radius 1 is 0.256 bits per heavy atom. The molecule has 0 radical (unpaired) electrons. The molecule has 18 nitrogen and oxygen atoms in total. The van der Waals surface area contributed by atoms with Gasteiger partial charge in [0.2, 0.25) is 0 Å². The fourth-order valence-electron chi connectivity index (χ4n) is 14.7. The minimum absolute atomic E-state index is 0.0396. The molecule has 3 fully saturated rings. The van der Waals surface area contributed by atoms with Crippen molar-refractivity contribution in [2.24, 2.45) is 0 Å². The smallest absolute Gasteiger partial charge is 0.261 e. The average molecular weight is 1740 g/mol. The zero-order chi connectivity index (χ0) is 64.3. The zero-order valence-electron chi connectivity index (χ0n) is 48.0. The maximum Gasteiger partial charge on any atom is 0.261 e. The first-order valence-electron chi connectivity index (χ1n) is 29.6. The first-order chi connectivity index (χ1) is 43.4. The van der Waals surface area contributed by atoms with Crippen LogP contribution in [0.25, 0.3) is 43.1 Å². The van der Waals surface area contributed by atoms with E-state index in [1.165, 1.54) is 60.7 Å². The standard InChI is InChI=1S/C56H40N6O12.4C2H4Br2/c63-45-23-13-17-27-43-28-18-14-24(41(23)43)46(64)57(45)35-7-1-2-8-36(35)58-47(65)25-15-19-29-44-30(20-16-26(42(25)44)48(58)66)52(70)60(51(29)69)38-10-4-6-12-40(38)62-55(73)33-21-31-32(22-34(33)56(62)74)54(72)61(53(31)71)39-11-5-3-9-37(39)59(49(27)67)50(28)68;4*3-1-2-4/h13-22,35-40H,1-12H2;4*1-2H2/t35-,36-,37-,38-,39-,40-;;;;/m1..../s1. The third kappa shape index (κ3) is 10.8. The van der Waals surface area contributed by atoms with Gasteiger partial charge >= 0.3 is 0 Å². The van der Waals surface area contributed by atoms with E-state index in [0.717, 1.165) is 71.4 Å². The van der Waals surface area contributed by atoms with Gasteiger partial charge in [0.15, 0.2) is 0 Å². The number of halogens is 8. The maximum atomic E-state index is 15.0. The highest BCUT2D eigenvalue weighted by Gasteiger charge is 2.52. The van der Waals surface area contributed by atoms with E-state index in [2.05, 4.69) is 127 Å². The largest absolute Gasteiger partial charge is 0.269 e. The lowest BCUT2D eigenvalue weighted by atomic mass is 9.80. The molecule has 8 amide bonds. The molecule has 0 spiro atoms. The number of carbonyl (C=O) groups is 8. The number of benzene rings is 5. The first-order valence-corrected chi connectivity index (χ1v) is 38.5. The van der Waals surface area contributed by atoms with Crippen molar-refractivity contribution in [3.63, 3.8) is 0 Å². The Kier molecular flexibility index (Phi) is 20.5. The highest BCUT2D eigenvalue weighted by atomic mass is 79.9. The number of imide groups is 4. The monoisotopic (exact) mass is 1730 g/mol. The molecule has 0 unspecified atom stereocenters. The Labute approximate surface area is 581 Å². The highest BCUT2D eigenvalue weighted by molar-refractivity contribution is 9.12. The summed E-state index contributed by atoms with van der Waals surface area (Å²) in [4.78, 5) is 183. The molecular formula is C64H56Br8N6O12. The number of rotatable bonds is 4. The first kappa shape index (κ1) is 66.7. The number of aromatic nitrogens is 2. The van der Waals surface area contributed by atoms with Gasteiger partial charge in [-0.05, 0) is 99.2 Å². The molecule has 20 aliphatic heterocycles. The minimum atomic E-state index is -1.00. The third-order valence-corrected chi connectivity index (χ3v) is 25.7. The SMILES string of the molecule is BrCCBr.BrCCBr.BrCCBr.BrCCBr.O=C1c2ccc3c4c5ccc(c24)C(=O)N1[C@@H]1CCCC[C@H]1N1C(=O)c2ccc4c6c(ccc(c26)C1=O)C(=O)N(C4=O)[C@@H]1CCCC[C@H]1n1c(=O)c2cc4c(=O)n(c(=O)c4cc2c1=O)[C@@H]1CCCC[C@H]1N(C3=O)C5=O. The molecule has 7 aromatic rings. The summed E-state index contributed by atoms with van der Waals surface area (Å²) in [5, 5.41) is 8.31. The molecule has 3 aliphatic carbocycles. The second-order valence-electron chi connectivity index (χ2n) is 22.7. The lowest BCUT2D eigenvalue weighted by Crippen LogP contribution is -2.61. The van der Waals surface area contributed by atoms with E-state index in [4.69, 9.17) is 0 Å². The van der Waals surface area contributed by atoms with Crippen LogP contribution in [0, 0.1) is 0 Å². The lowest BCUT2D eigenvalue weighted by molar-refractivity contribution is 0.0241. The van der Waals surface area contributed by atoms with E-state index in [1.807, 2.05) is 0 Å². The van der Waals surface area contributed by atoms with Gasteiger partial charge in [0.25, 0.3) is 69.5 Å².